The fourth-order valence-electron chi connectivity index (χ4n) is 1.99. The first kappa shape index (κ1) is 11.1. The lowest BCUT2D eigenvalue weighted by molar-refractivity contribution is 0.0531. The molecule has 1 aliphatic rings. The van der Waals surface area contributed by atoms with Crippen LogP contribution in [0.25, 0.3) is 0 Å². The number of morpholine rings is 1. The zero-order valence-electron chi connectivity index (χ0n) is 9.77. The van der Waals surface area contributed by atoms with E-state index in [0.717, 1.165) is 36.8 Å². The maximum atomic E-state index is 5.74. The van der Waals surface area contributed by atoms with Gasteiger partial charge in [0, 0.05) is 24.8 Å². The van der Waals surface area contributed by atoms with E-state index < -0.39 is 0 Å². The van der Waals surface area contributed by atoms with Gasteiger partial charge >= 0.3 is 0 Å². The van der Waals surface area contributed by atoms with Crippen molar-refractivity contribution in [1.82, 2.24) is 0 Å². The quantitative estimate of drug-likeness (QED) is 0.770. The first-order chi connectivity index (χ1) is 7.70. The molecular formula is C12H18N2O2. The molecule has 1 saturated heterocycles. The van der Waals surface area contributed by atoms with Crippen molar-refractivity contribution < 1.29 is 9.47 Å². The highest BCUT2D eigenvalue weighted by Crippen LogP contribution is 2.31. The van der Waals surface area contributed by atoms with Gasteiger partial charge in [-0.15, -0.1) is 0 Å². The van der Waals surface area contributed by atoms with Crippen LogP contribution in [0.15, 0.2) is 18.2 Å². The summed E-state index contributed by atoms with van der Waals surface area (Å²) >= 11 is 0. The lowest BCUT2D eigenvalue weighted by atomic mass is 10.2. The monoisotopic (exact) mass is 222 g/mol. The molecule has 16 heavy (non-hydrogen) atoms. The van der Waals surface area contributed by atoms with Crippen molar-refractivity contribution in [2.45, 2.75) is 13.0 Å². The number of nitrogen functional groups attached to an aromatic ring is 1. The van der Waals surface area contributed by atoms with Gasteiger partial charge in [-0.1, -0.05) is 0 Å². The molecule has 4 nitrogen and oxygen atoms in total. The third-order valence-electron chi connectivity index (χ3n) is 2.79. The summed E-state index contributed by atoms with van der Waals surface area (Å²) in [7, 11) is 1.67. The van der Waals surface area contributed by atoms with Crippen LogP contribution >= 0.6 is 0 Å². The maximum Gasteiger partial charge on any atom is 0.144 e. The molecule has 0 saturated carbocycles. The lowest BCUT2D eigenvalue weighted by Crippen LogP contribution is -2.41. The SMILES string of the molecule is COc1cc(N)ccc1N1CCO[C@@H](C)C1. The number of nitrogens with zero attached hydrogens (tertiary/aromatic N) is 1. The fraction of sp³-hybridized carbons (Fsp3) is 0.500. The second-order valence-electron chi connectivity index (χ2n) is 4.06. The highest BCUT2D eigenvalue weighted by atomic mass is 16.5. The van der Waals surface area contributed by atoms with Gasteiger partial charge in [-0.2, -0.15) is 0 Å². The standard InChI is InChI=1S/C12H18N2O2/c1-9-8-14(5-6-16-9)11-4-3-10(13)7-12(11)15-2/h3-4,7,9H,5-6,8,13H2,1-2H3/t9-/m0/s1. The zero-order chi connectivity index (χ0) is 11.5. The predicted molar refractivity (Wildman–Crippen MR) is 65.0 cm³/mol. The number of methoxy groups -OCH3 is 1. The summed E-state index contributed by atoms with van der Waals surface area (Å²) in [4.78, 5) is 2.27. The van der Waals surface area contributed by atoms with Crippen LogP contribution in [0.2, 0.25) is 0 Å². The van der Waals surface area contributed by atoms with Crippen LogP contribution < -0.4 is 15.4 Å². The minimum Gasteiger partial charge on any atom is -0.495 e. The molecule has 1 aromatic carbocycles. The van der Waals surface area contributed by atoms with E-state index in [0.29, 0.717) is 0 Å². The molecule has 0 amide bonds. The Labute approximate surface area is 95.9 Å². The van der Waals surface area contributed by atoms with E-state index in [9.17, 15) is 0 Å². The Morgan fingerprint density at radius 2 is 2.31 bits per heavy atom. The molecular weight excluding hydrogens is 204 g/mol. The Bertz CT molecular complexity index is 368. The summed E-state index contributed by atoms with van der Waals surface area (Å²) in [5, 5.41) is 0. The Balaban J connectivity index is 2.24. The Kier molecular flexibility index (Phi) is 3.19. The van der Waals surface area contributed by atoms with Crippen LogP contribution in [0.3, 0.4) is 0 Å². The average molecular weight is 222 g/mol. The molecule has 0 aliphatic carbocycles. The summed E-state index contributed by atoms with van der Waals surface area (Å²) in [6.07, 6.45) is 0.260. The molecule has 88 valence electrons. The summed E-state index contributed by atoms with van der Waals surface area (Å²) < 4.78 is 10.9. The van der Waals surface area contributed by atoms with Gasteiger partial charge in [-0.25, -0.2) is 0 Å². The van der Waals surface area contributed by atoms with Gasteiger partial charge in [-0.05, 0) is 19.1 Å². The van der Waals surface area contributed by atoms with Crippen LogP contribution in [0.5, 0.6) is 5.75 Å². The van der Waals surface area contributed by atoms with Crippen LogP contribution in [-0.4, -0.2) is 32.9 Å². The largest absolute Gasteiger partial charge is 0.495 e. The van der Waals surface area contributed by atoms with E-state index in [2.05, 4.69) is 11.8 Å². The van der Waals surface area contributed by atoms with Crippen molar-refractivity contribution in [3.05, 3.63) is 18.2 Å². The molecule has 1 heterocycles. The highest BCUT2D eigenvalue weighted by molar-refractivity contribution is 5.64. The van der Waals surface area contributed by atoms with Crippen LogP contribution in [0.1, 0.15) is 6.92 Å². The Hall–Kier alpha value is -1.42. The smallest absolute Gasteiger partial charge is 0.144 e. The molecule has 0 spiro atoms. The van der Waals surface area contributed by atoms with Crippen LogP contribution in [0, 0.1) is 0 Å². The molecule has 4 heteroatoms. The van der Waals surface area contributed by atoms with Gasteiger partial charge < -0.3 is 20.1 Å². The van der Waals surface area contributed by atoms with Crippen molar-refractivity contribution >= 4 is 11.4 Å². The molecule has 1 aromatic rings. The van der Waals surface area contributed by atoms with Crippen molar-refractivity contribution in [2.75, 3.05) is 37.4 Å². The van der Waals surface area contributed by atoms with E-state index in [1.807, 2.05) is 18.2 Å². The van der Waals surface area contributed by atoms with E-state index in [1.165, 1.54) is 0 Å². The van der Waals surface area contributed by atoms with Gasteiger partial charge in [0.15, 0.2) is 0 Å². The predicted octanol–water partition coefficient (Wildman–Crippen LogP) is 1.50. The minimum absolute atomic E-state index is 0.260. The Morgan fingerprint density at radius 1 is 1.50 bits per heavy atom. The molecule has 1 fully saturated rings. The second-order valence-corrected chi connectivity index (χ2v) is 4.06. The van der Waals surface area contributed by atoms with Gasteiger partial charge in [0.05, 0.1) is 25.5 Å². The number of hydrogen-bond donors (Lipinski definition) is 1. The maximum absolute atomic E-state index is 5.74. The number of hydrogen-bond acceptors (Lipinski definition) is 4. The molecule has 1 atom stereocenters. The van der Waals surface area contributed by atoms with Gasteiger partial charge in [0.25, 0.3) is 0 Å². The number of benzene rings is 1. The number of anilines is 2. The average Bonchev–Trinajstić information content (AvgIpc) is 2.28. The molecule has 0 radical (unpaired) electrons. The Morgan fingerprint density at radius 3 is 3.00 bits per heavy atom. The highest BCUT2D eigenvalue weighted by Gasteiger charge is 2.19. The van der Waals surface area contributed by atoms with Crippen LogP contribution in [0.4, 0.5) is 11.4 Å². The van der Waals surface area contributed by atoms with Gasteiger partial charge in [0.2, 0.25) is 0 Å². The van der Waals surface area contributed by atoms with E-state index in [4.69, 9.17) is 15.2 Å². The third kappa shape index (κ3) is 2.22. The second kappa shape index (κ2) is 4.61. The first-order valence-corrected chi connectivity index (χ1v) is 5.51. The summed E-state index contributed by atoms with van der Waals surface area (Å²) in [5.41, 5.74) is 7.55. The molecule has 0 aromatic heterocycles. The normalized spacial score (nSPS) is 20.9. The van der Waals surface area contributed by atoms with E-state index >= 15 is 0 Å². The molecule has 0 bridgehead atoms. The van der Waals surface area contributed by atoms with Crippen molar-refractivity contribution in [2.24, 2.45) is 0 Å². The lowest BCUT2D eigenvalue weighted by Gasteiger charge is -2.33. The number of ether oxygens (including phenoxy) is 2. The van der Waals surface area contributed by atoms with Gasteiger partial charge in [-0.3, -0.25) is 0 Å². The zero-order valence-corrected chi connectivity index (χ0v) is 9.77. The molecule has 2 N–H and O–H groups in total. The minimum atomic E-state index is 0.260. The van der Waals surface area contributed by atoms with Crippen LogP contribution in [-0.2, 0) is 4.74 Å². The van der Waals surface area contributed by atoms with Crippen molar-refractivity contribution in [1.29, 1.82) is 0 Å². The molecule has 0 unspecified atom stereocenters. The molecule has 2 rings (SSSR count). The summed E-state index contributed by atoms with van der Waals surface area (Å²) in [6, 6.07) is 5.76. The number of rotatable bonds is 2. The third-order valence-corrected chi connectivity index (χ3v) is 2.79. The fourth-order valence-corrected chi connectivity index (χ4v) is 1.99. The van der Waals surface area contributed by atoms with E-state index in [-0.39, 0.29) is 6.10 Å². The summed E-state index contributed by atoms with van der Waals surface area (Å²) in [5.74, 6) is 0.828. The van der Waals surface area contributed by atoms with E-state index in [1.54, 1.807) is 7.11 Å². The summed E-state index contributed by atoms with van der Waals surface area (Å²) in [6.45, 7) is 4.62. The topological polar surface area (TPSA) is 47.7 Å². The van der Waals surface area contributed by atoms with Gasteiger partial charge in [0.1, 0.15) is 5.75 Å². The first-order valence-electron chi connectivity index (χ1n) is 5.51. The number of nitrogens with two attached hydrogens (primary N) is 1. The molecule has 1 aliphatic heterocycles. The van der Waals surface area contributed by atoms with Crippen molar-refractivity contribution in [3.8, 4) is 5.75 Å². The van der Waals surface area contributed by atoms with Crippen molar-refractivity contribution in [3.63, 3.8) is 0 Å².